The molecule has 0 bridgehead atoms. The largest absolute Gasteiger partial charge is 0.370 e. The van der Waals surface area contributed by atoms with Crippen molar-refractivity contribution < 1.29 is 0 Å². The summed E-state index contributed by atoms with van der Waals surface area (Å²) in [6.45, 7) is 3.04. The van der Waals surface area contributed by atoms with Crippen molar-refractivity contribution in [2.24, 2.45) is 10.7 Å². The van der Waals surface area contributed by atoms with Gasteiger partial charge in [-0.2, -0.15) is 0 Å². The molecule has 0 atom stereocenters. The zero-order chi connectivity index (χ0) is 13.9. The number of rotatable bonds is 5. The van der Waals surface area contributed by atoms with Crippen molar-refractivity contribution in [2.45, 2.75) is 38.1 Å². The van der Waals surface area contributed by atoms with E-state index in [0.717, 1.165) is 31.7 Å². The SMILES string of the molecule is CN(C(N)=NCCc1csc(N2CCCC2)n1)C1CC1.I. The van der Waals surface area contributed by atoms with Crippen LogP contribution in [0.5, 0.6) is 0 Å². The van der Waals surface area contributed by atoms with E-state index >= 15 is 0 Å². The molecule has 21 heavy (non-hydrogen) atoms. The van der Waals surface area contributed by atoms with Crippen LogP contribution in [0.4, 0.5) is 5.13 Å². The molecule has 1 aliphatic carbocycles. The van der Waals surface area contributed by atoms with Gasteiger partial charge >= 0.3 is 0 Å². The Morgan fingerprint density at radius 3 is 2.86 bits per heavy atom. The molecule has 2 fully saturated rings. The smallest absolute Gasteiger partial charge is 0.191 e. The van der Waals surface area contributed by atoms with Crippen LogP contribution < -0.4 is 10.6 Å². The molecule has 0 spiro atoms. The van der Waals surface area contributed by atoms with E-state index < -0.39 is 0 Å². The number of nitrogens with two attached hydrogens (primary N) is 1. The second-order valence-electron chi connectivity index (χ2n) is 5.65. The Kier molecular flexibility index (Phi) is 6.09. The number of guanidine groups is 1. The molecular weight excluding hydrogens is 397 g/mol. The van der Waals surface area contributed by atoms with Gasteiger partial charge in [-0.25, -0.2) is 4.98 Å². The maximum atomic E-state index is 5.98. The number of nitrogens with zero attached hydrogens (tertiary/aromatic N) is 4. The highest BCUT2D eigenvalue weighted by Gasteiger charge is 2.27. The molecule has 0 unspecified atom stereocenters. The zero-order valence-electron chi connectivity index (χ0n) is 12.5. The summed E-state index contributed by atoms with van der Waals surface area (Å²) >= 11 is 1.75. The monoisotopic (exact) mass is 421 g/mol. The number of aromatic nitrogens is 1. The van der Waals surface area contributed by atoms with E-state index in [1.807, 2.05) is 7.05 Å². The second-order valence-corrected chi connectivity index (χ2v) is 6.48. The average Bonchev–Trinajstić information content (AvgIpc) is 2.96. The van der Waals surface area contributed by atoms with Gasteiger partial charge in [0, 0.05) is 44.5 Å². The Balaban J connectivity index is 0.00000161. The van der Waals surface area contributed by atoms with Crippen LogP contribution in [0.25, 0.3) is 0 Å². The second kappa shape index (κ2) is 7.62. The van der Waals surface area contributed by atoms with Crippen molar-refractivity contribution >= 4 is 46.4 Å². The summed E-state index contributed by atoms with van der Waals surface area (Å²) in [6.07, 6.45) is 5.96. The molecule has 1 aliphatic heterocycles. The minimum absolute atomic E-state index is 0. The normalized spacial score (nSPS) is 18.7. The van der Waals surface area contributed by atoms with Crippen LogP contribution in [0.2, 0.25) is 0 Å². The van der Waals surface area contributed by atoms with Gasteiger partial charge in [-0.05, 0) is 25.7 Å². The predicted molar refractivity (Wildman–Crippen MR) is 100.0 cm³/mol. The molecule has 1 aromatic rings. The van der Waals surface area contributed by atoms with Crippen LogP contribution in [0, 0.1) is 0 Å². The minimum atomic E-state index is 0. The summed E-state index contributed by atoms with van der Waals surface area (Å²) in [5.74, 6) is 0.669. The summed E-state index contributed by atoms with van der Waals surface area (Å²) in [5.41, 5.74) is 7.12. The number of hydrogen-bond donors (Lipinski definition) is 1. The Hall–Kier alpha value is -0.570. The molecule has 3 rings (SSSR count). The van der Waals surface area contributed by atoms with Crippen LogP contribution in [-0.2, 0) is 6.42 Å². The topological polar surface area (TPSA) is 57.8 Å². The van der Waals surface area contributed by atoms with Crippen molar-refractivity contribution in [3.8, 4) is 0 Å². The first-order chi connectivity index (χ1) is 9.74. The van der Waals surface area contributed by atoms with E-state index in [0.29, 0.717) is 12.0 Å². The molecule has 5 nitrogen and oxygen atoms in total. The quantitative estimate of drug-likeness (QED) is 0.451. The lowest BCUT2D eigenvalue weighted by Crippen LogP contribution is -2.35. The summed E-state index contributed by atoms with van der Waals surface area (Å²) in [4.78, 5) is 13.6. The van der Waals surface area contributed by atoms with E-state index in [2.05, 4.69) is 20.2 Å². The van der Waals surface area contributed by atoms with Gasteiger partial charge in [-0.3, -0.25) is 4.99 Å². The lowest BCUT2D eigenvalue weighted by Gasteiger charge is -2.16. The third kappa shape index (κ3) is 4.45. The Labute approximate surface area is 147 Å². The minimum Gasteiger partial charge on any atom is -0.370 e. The fourth-order valence-corrected chi connectivity index (χ4v) is 3.42. The molecule has 0 radical (unpaired) electrons. The van der Waals surface area contributed by atoms with Crippen molar-refractivity contribution in [1.82, 2.24) is 9.88 Å². The lowest BCUT2D eigenvalue weighted by atomic mass is 10.3. The number of halogens is 1. The summed E-state index contributed by atoms with van der Waals surface area (Å²) in [5, 5.41) is 3.33. The van der Waals surface area contributed by atoms with E-state index in [1.54, 1.807) is 11.3 Å². The number of anilines is 1. The third-order valence-corrected chi connectivity index (χ3v) is 4.96. The van der Waals surface area contributed by atoms with Crippen LogP contribution in [-0.4, -0.2) is 48.6 Å². The molecule has 2 aliphatic rings. The summed E-state index contributed by atoms with van der Waals surface area (Å²) in [7, 11) is 2.03. The Bertz CT molecular complexity index is 479. The summed E-state index contributed by atoms with van der Waals surface area (Å²) < 4.78 is 0. The van der Waals surface area contributed by atoms with Crippen LogP contribution in [0.15, 0.2) is 10.4 Å². The van der Waals surface area contributed by atoms with Gasteiger partial charge in [0.25, 0.3) is 0 Å². The molecule has 1 saturated heterocycles. The maximum absolute atomic E-state index is 5.98. The summed E-state index contributed by atoms with van der Waals surface area (Å²) in [6, 6.07) is 0.625. The lowest BCUT2D eigenvalue weighted by molar-refractivity contribution is 0.487. The van der Waals surface area contributed by atoms with Gasteiger partial charge in [0.15, 0.2) is 11.1 Å². The highest BCUT2D eigenvalue weighted by molar-refractivity contribution is 14.0. The van der Waals surface area contributed by atoms with Crippen molar-refractivity contribution in [2.75, 3.05) is 31.6 Å². The highest BCUT2D eigenvalue weighted by Crippen LogP contribution is 2.25. The van der Waals surface area contributed by atoms with Gasteiger partial charge in [0.05, 0.1) is 5.69 Å². The molecule has 7 heteroatoms. The van der Waals surface area contributed by atoms with Gasteiger partial charge < -0.3 is 15.5 Å². The van der Waals surface area contributed by atoms with E-state index in [4.69, 9.17) is 10.7 Å². The van der Waals surface area contributed by atoms with E-state index in [9.17, 15) is 0 Å². The average molecular weight is 421 g/mol. The molecular formula is C14H24IN5S. The first-order valence-electron chi connectivity index (χ1n) is 7.46. The van der Waals surface area contributed by atoms with Gasteiger partial charge in [-0.1, -0.05) is 0 Å². The molecule has 0 aromatic carbocycles. The fraction of sp³-hybridized carbons (Fsp3) is 0.714. The molecule has 1 saturated carbocycles. The third-order valence-electron chi connectivity index (χ3n) is 4.01. The molecule has 2 heterocycles. The number of aliphatic imine (C=N–C) groups is 1. The van der Waals surface area contributed by atoms with E-state index in [-0.39, 0.29) is 24.0 Å². The van der Waals surface area contributed by atoms with Gasteiger partial charge in [-0.15, -0.1) is 35.3 Å². The van der Waals surface area contributed by atoms with Crippen LogP contribution in [0.3, 0.4) is 0 Å². The first kappa shape index (κ1) is 16.8. The Morgan fingerprint density at radius 2 is 2.19 bits per heavy atom. The van der Waals surface area contributed by atoms with Gasteiger partial charge in [0.1, 0.15) is 0 Å². The standard InChI is InChI=1S/C14H23N5S.HI/c1-18(12-4-5-12)13(15)16-7-6-11-10-20-14(17-11)19-8-2-3-9-19;/h10,12H,2-9H2,1H3,(H2,15,16);1H. The fourth-order valence-electron chi connectivity index (χ4n) is 2.51. The van der Waals surface area contributed by atoms with E-state index in [1.165, 1.54) is 30.8 Å². The first-order valence-corrected chi connectivity index (χ1v) is 8.34. The molecule has 0 amide bonds. The Morgan fingerprint density at radius 1 is 1.48 bits per heavy atom. The van der Waals surface area contributed by atoms with Crippen molar-refractivity contribution in [3.05, 3.63) is 11.1 Å². The number of hydrogen-bond acceptors (Lipinski definition) is 4. The van der Waals surface area contributed by atoms with Crippen LogP contribution >= 0.6 is 35.3 Å². The molecule has 2 N–H and O–H groups in total. The predicted octanol–water partition coefficient (Wildman–Crippen LogP) is 2.31. The highest BCUT2D eigenvalue weighted by atomic mass is 127. The molecule has 1 aromatic heterocycles. The molecule has 118 valence electrons. The maximum Gasteiger partial charge on any atom is 0.191 e. The van der Waals surface area contributed by atoms with Gasteiger partial charge in [0.2, 0.25) is 0 Å². The number of thiazole rings is 1. The zero-order valence-corrected chi connectivity index (χ0v) is 15.6. The van der Waals surface area contributed by atoms with Crippen LogP contribution in [0.1, 0.15) is 31.4 Å². The van der Waals surface area contributed by atoms with Crippen molar-refractivity contribution in [3.63, 3.8) is 0 Å². The van der Waals surface area contributed by atoms with Crippen molar-refractivity contribution in [1.29, 1.82) is 0 Å².